The van der Waals surface area contributed by atoms with E-state index in [4.69, 9.17) is 34.8 Å². The highest BCUT2D eigenvalue weighted by atomic mass is 35.5. The summed E-state index contributed by atoms with van der Waals surface area (Å²) in [5.74, 6) is -0.965. The van der Waals surface area contributed by atoms with Gasteiger partial charge in [-0.15, -0.1) is 0 Å². The van der Waals surface area contributed by atoms with Gasteiger partial charge in [0.05, 0.1) is 20.6 Å². The summed E-state index contributed by atoms with van der Waals surface area (Å²) in [6, 6.07) is 15.2. The van der Waals surface area contributed by atoms with Crippen LogP contribution in [-0.4, -0.2) is 44.3 Å². The summed E-state index contributed by atoms with van der Waals surface area (Å²) in [5, 5.41) is 3.68. The number of rotatable bonds is 10. The summed E-state index contributed by atoms with van der Waals surface area (Å²) in [6.45, 7) is 6.75. The van der Waals surface area contributed by atoms with E-state index in [1.807, 2.05) is 6.92 Å². The Morgan fingerprint density at radius 2 is 1.59 bits per heavy atom. The quantitative estimate of drug-likeness (QED) is 0.305. The van der Waals surface area contributed by atoms with Gasteiger partial charge in [-0.1, -0.05) is 64.6 Å². The minimum Gasteiger partial charge on any atom is -0.355 e. The summed E-state index contributed by atoms with van der Waals surface area (Å²) in [4.78, 5) is 28.1. The molecular weight excluding hydrogens is 581 g/mol. The van der Waals surface area contributed by atoms with Gasteiger partial charge in [-0.05, 0) is 75.2 Å². The third-order valence-electron chi connectivity index (χ3n) is 6.18. The van der Waals surface area contributed by atoms with Crippen molar-refractivity contribution in [3.05, 3.63) is 92.4 Å². The summed E-state index contributed by atoms with van der Waals surface area (Å²) in [7, 11) is -4.19. The summed E-state index contributed by atoms with van der Waals surface area (Å²) < 4.78 is 28.9. The summed E-state index contributed by atoms with van der Waals surface area (Å²) in [6.07, 6.45) is 0. The fraction of sp³-hybridized carbons (Fsp3) is 0.286. The van der Waals surface area contributed by atoms with Crippen molar-refractivity contribution in [2.75, 3.05) is 17.4 Å². The molecule has 0 aliphatic carbocycles. The van der Waals surface area contributed by atoms with Gasteiger partial charge in [0, 0.05) is 18.1 Å². The van der Waals surface area contributed by atoms with Crippen LogP contribution in [0.2, 0.25) is 15.1 Å². The number of carbonyl (C=O) groups is 2. The van der Waals surface area contributed by atoms with Crippen LogP contribution in [0.15, 0.2) is 65.6 Å². The number of carbonyl (C=O) groups excluding carboxylic acids is 2. The van der Waals surface area contributed by atoms with Crippen molar-refractivity contribution in [2.24, 2.45) is 0 Å². The van der Waals surface area contributed by atoms with Crippen molar-refractivity contribution < 1.29 is 18.0 Å². The fourth-order valence-electron chi connectivity index (χ4n) is 3.94. The molecule has 0 saturated heterocycles. The maximum Gasteiger partial charge on any atom is 0.264 e. The molecule has 208 valence electrons. The summed E-state index contributed by atoms with van der Waals surface area (Å²) in [5.41, 5.74) is 2.38. The average molecular weight is 611 g/mol. The molecule has 0 unspecified atom stereocenters. The van der Waals surface area contributed by atoms with E-state index in [9.17, 15) is 18.0 Å². The van der Waals surface area contributed by atoms with Crippen LogP contribution in [0.1, 0.15) is 30.5 Å². The molecule has 11 heteroatoms. The minimum absolute atomic E-state index is 0.000963. The Labute approximate surface area is 244 Å². The second-order valence-corrected chi connectivity index (χ2v) is 12.2. The Morgan fingerprint density at radius 1 is 0.923 bits per heavy atom. The lowest BCUT2D eigenvalue weighted by molar-refractivity contribution is -0.139. The second-order valence-electron chi connectivity index (χ2n) is 9.10. The lowest BCUT2D eigenvalue weighted by Crippen LogP contribution is -2.51. The molecule has 0 fully saturated rings. The number of hydrogen-bond acceptors (Lipinski definition) is 4. The molecule has 7 nitrogen and oxygen atoms in total. The van der Waals surface area contributed by atoms with Crippen LogP contribution in [0, 0.1) is 13.8 Å². The van der Waals surface area contributed by atoms with Crippen LogP contribution in [0.4, 0.5) is 5.69 Å². The predicted molar refractivity (Wildman–Crippen MR) is 157 cm³/mol. The Bertz CT molecular complexity index is 1460. The lowest BCUT2D eigenvalue weighted by atomic mass is 10.1. The molecule has 1 N–H and O–H groups in total. The SMILES string of the molecule is CCNC(=O)[C@H](C)N(Cc1ccc(Cl)c(Cl)c1)C(=O)CN(c1cc(Cl)ccc1C)S(=O)(=O)c1ccc(C)cc1. The topological polar surface area (TPSA) is 86.8 Å². The number of nitrogens with one attached hydrogen (secondary N) is 1. The average Bonchev–Trinajstić information content (AvgIpc) is 2.89. The first kappa shape index (κ1) is 30.8. The highest BCUT2D eigenvalue weighted by molar-refractivity contribution is 7.92. The van der Waals surface area contributed by atoms with Gasteiger partial charge < -0.3 is 10.2 Å². The first-order valence-corrected chi connectivity index (χ1v) is 14.8. The minimum atomic E-state index is -4.19. The molecule has 3 aromatic rings. The summed E-state index contributed by atoms with van der Waals surface area (Å²) >= 11 is 18.5. The van der Waals surface area contributed by atoms with Gasteiger partial charge in [0.25, 0.3) is 10.0 Å². The third kappa shape index (κ3) is 7.45. The van der Waals surface area contributed by atoms with E-state index < -0.39 is 28.5 Å². The van der Waals surface area contributed by atoms with Crippen molar-refractivity contribution >= 4 is 62.3 Å². The number of hydrogen-bond donors (Lipinski definition) is 1. The molecular formula is C28H30Cl3N3O4S. The normalized spacial score (nSPS) is 12.1. The van der Waals surface area contributed by atoms with E-state index in [1.54, 1.807) is 63.2 Å². The molecule has 0 heterocycles. The molecule has 2 amide bonds. The van der Waals surface area contributed by atoms with E-state index in [-0.39, 0.29) is 23.0 Å². The van der Waals surface area contributed by atoms with Gasteiger partial charge in [-0.2, -0.15) is 0 Å². The van der Waals surface area contributed by atoms with Gasteiger partial charge in [0.15, 0.2) is 0 Å². The first-order valence-electron chi connectivity index (χ1n) is 12.2. The Kier molecular flexibility index (Phi) is 10.3. The maximum atomic E-state index is 13.9. The van der Waals surface area contributed by atoms with Gasteiger partial charge in [0.1, 0.15) is 12.6 Å². The van der Waals surface area contributed by atoms with Crippen LogP contribution in [0.25, 0.3) is 0 Å². The number of likely N-dealkylation sites (N-methyl/N-ethyl adjacent to an activating group) is 1. The molecule has 1 atom stereocenters. The predicted octanol–water partition coefficient (Wildman–Crippen LogP) is 6.01. The smallest absolute Gasteiger partial charge is 0.264 e. The van der Waals surface area contributed by atoms with Crippen LogP contribution in [0.5, 0.6) is 0 Å². The van der Waals surface area contributed by atoms with Gasteiger partial charge in [-0.25, -0.2) is 8.42 Å². The molecule has 3 rings (SSSR count). The maximum absolute atomic E-state index is 13.9. The second kappa shape index (κ2) is 13.0. The highest BCUT2D eigenvalue weighted by Gasteiger charge is 2.33. The standard InChI is InChI=1S/C28H30Cl3N3O4S/c1-5-32-28(36)20(4)33(16-21-9-13-24(30)25(31)14-21)27(35)17-34(26-15-22(29)10-8-19(26)3)39(37,38)23-11-6-18(2)7-12-23/h6-15,20H,5,16-17H2,1-4H3,(H,32,36)/t20-/m0/s1. The molecule has 0 aromatic heterocycles. The molecule has 0 aliphatic rings. The Hall–Kier alpha value is -2.78. The number of aryl methyl sites for hydroxylation is 2. The molecule has 0 aliphatic heterocycles. The zero-order chi connectivity index (χ0) is 28.9. The van der Waals surface area contributed by atoms with Crippen LogP contribution < -0.4 is 9.62 Å². The number of halogens is 3. The van der Waals surface area contributed by atoms with Gasteiger partial charge in [-0.3, -0.25) is 13.9 Å². The van der Waals surface area contributed by atoms with Crippen molar-refractivity contribution in [2.45, 2.75) is 45.2 Å². The van der Waals surface area contributed by atoms with Crippen molar-refractivity contribution in [3.8, 4) is 0 Å². The monoisotopic (exact) mass is 609 g/mol. The van der Waals surface area contributed by atoms with E-state index >= 15 is 0 Å². The number of nitrogens with zero attached hydrogens (tertiary/aromatic N) is 2. The van der Waals surface area contributed by atoms with Crippen molar-refractivity contribution in [1.29, 1.82) is 0 Å². The lowest BCUT2D eigenvalue weighted by Gasteiger charge is -2.32. The number of benzene rings is 3. The molecule has 39 heavy (non-hydrogen) atoms. The zero-order valence-corrected chi connectivity index (χ0v) is 25.1. The zero-order valence-electron chi connectivity index (χ0n) is 22.0. The van der Waals surface area contributed by atoms with E-state index in [1.165, 1.54) is 23.1 Å². The third-order valence-corrected chi connectivity index (χ3v) is 8.93. The van der Waals surface area contributed by atoms with Crippen LogP contribution in [0.3, 0.4) is 0 Å². The first-order chi connectivity index (χ1) is 18.3. The molecule has 0 bridgehead atoms. The highest BCUT2D eigenvalue weighted by Crippen LogP contribution is 2.30. The fourth-order valence-corrected chi connectivity index (χ4v) is 5.90. The number of amides is 2. The van der Waals surface area contributed by atoms with E-state index in [2.05, 4.69) is 5.32 Å². The van der Waals surface area contributed by atoms with Gasteiger partial charge >= 0.3 is 0 Å². The molecule has 0 saturated carbocycles. The Morgan fingerprint density at radius 3 is 2.21 bits per heavy atom. The number of anilines is 1. The molecule has 0 radical (unpaired) electrons. The van der Waals surface area contributed by atoms with Gasteiger partial charge in [0.2, 0.25) is 11.8 Å². The largest absolute Gasteiger partial charge is 0.355 e. The van der Waals surface area contributed by atoms with Crippen molar-refractivity contribution in [3.63, 3.8) is 0 Å². The Balaban J connectivity index is 2.08. The van der Waals surface area contributed by atoms with Crippen molar-refractivity contribution in [1.82, 2.24) is 10.2 Å². The van der Waals surface area contributed by atoms with E-state index in [0.29, 0.717) is 32.7 Å². The molecule has 0 spiro atoms. The van der Waals surface area contributed by atoms with E-state index in [0.717, 1.165) is 9.87 Å². The van der Waals surface area contributed by atoms with Crippen LogP contribution >= 0.6 is 34.8 Å². The van der Waals surface area contributed by atoms with Crippen LogP contribution in [-0.2, 0) is 26.2 Å². The molecule has 3 aromatic carbocycles. The number of sulfonamides is 1.